The molecule has 0 bridgehead atoms. The Morgan fingerprint density at radius 2 is 0.824 bits per heavy atom. The molecule has 174 valence electrons. The summed E-state index contributed by atoms with van der Waals surface area (Å²) >= 11 is 0. The number of carbonyl (C=O) groups is 2. The minimum atomic E-state index is -0.0189. The molecule has 0 unspecified atom stereocenters. The van der Waals surface area contributed by atoms with Crippen molar-refractivity contribution in [2.75, 3.05) is 26.2 Å². The molecule has 2 saturated heterocycles. The van der Waals surface area contributed by atoms with Gasteiger partial charge < -0.3 is 9.80 Å². The first kappa shape index (κ1) is 22.4. The van der Waals surface area contributed by atoms with E-state index in [1.807, 2.05) is 46.2 Å². The maximum absolute atomic E-state index is 13.4. The van der Waals surface area contributed by atoms with Crippen molar-refractivity contribution in [3.05, 3.63) is 107 Å². The van der Waals surface area contributed by atoms with Crippen molar-refractivity contribution in [2.24, 2.45) is 0 Å². The van der Waals surface area contributed by atoms with Crippen LogP contribution in [-0.2, 0) is 0 Å². The van der Waals surface area contributed by atoms with E-state index in [-0.39, 0.29) is 11.8 Å². The zero-order chi connectivity index (χ0) is 23.3. The van der Waals surface area contributed by atoms with Gasteiger partial charge in [-0.05, 0) is 60.8 Å². The van der Waals surface area contributed by atoms with E-state index in [4.69, 9.17) is 0 Å². The van der Waals surface area contributed by atoms with Crippen molar-refractivity contribution >= 4 is 11.8 Å². The highest BCUT2D eigenvalue weighted by molar-refractivity contribution is 6.07. The number of hydrogen-bond donors (Lipinski definition) is 0. The van der Waals surface area contributed by atoms with E-state index < -0.39 is 0 Å². The predicted molar refractivity (Wildman–Crippen MR) is 135 cm³/mol. The minimum absolute atomic E-state index is 0.0189. The Bertz CT molecular complexity index is 1020. The van der Waals surface area contributed by atoms with Crippen molar-refractivity contribution in [1.82, 2.24) is 9.80 Å². The average molecular weight is 453 g/mol. The lowest BCUT2D eigenvalue weighted by Gasteiger charge is -2.34. The molecule has 34 heavy (non-hydrogen) atoms. The second kappa shape index (κ2) is 10.3. The fraction of sp³-hybridized carbons (Fsp3) is 0.333. The van der Waals surface area contributed by atoms with Gasteiger partial charge in [-0.25, -0.2) is 0 Å². The highest BCUT2D eigenvalue weighted by Gasteiger charge is 2.30. The monoisotopic (exact) mass is 452 g/mol. The number of piperidine rings is 2. The van der Waals surface area contributed by atoms with Gasteiger partial charge in [0, 0.05) is 26.2 Å². The zero-order valence-electron chi connectivity index (χ0n) is 19.6. The van der Waals surface area contributed by atoms with Crippen molar-refractivity contribution in [3.63, 3.8) is 0 Å². The third-order valence-electron chi connectivity index (χ3n) is 7.49. The van der Waals surface area contributed by atoms with Crippen molar-refractivity contribution in [2.45, 2.75) is 37.5 Å². The van der Waals surface area contributed by atoms with E-state index in [9.17, 15) is 9.59 Å². The Labute approximate surface area is 202 Å². The van der Waals surface area contributed by atoms with Crippen LogP contribution in [0.5, 0.6) is 0 Å². The van der Waals surface area contributed by atoms with Gasteiger partial charge in [-0.15, -0.1) is 0 Å². The summed E-state index contributed by atoms with van der Waals surface area (Å²) in [5.41, 5.74) is 3.78. The lowest BCUT2D eigenvalue weighted by Crippen LogP contribution is -2.41. The first-order valence-corrected chi connectivity index (χ1v) is 12.5. The van der Waals surface area contributed by atoms with Gasteiger partial charge in [0.05, 0.1) is 11.1 Å². The van der Waals surface area contributed by atoms with Gasteiger partial charge >= 0.3 is 0 Å². The van der Waals surface area contributed by atoms with Crippen molar-refractivity contribution in [3.8, 4) is 0 Å². The van der Waals surface area contributed by atoms with Crippen LogP contribution in [0.3, 0.4) is 0 Å². The van der Waals surface area contributed by atoms with Crippen LogP contribution in [0.25, 0.3) is 0 Å². The molecule has 2 amide bonds. The van der Waals surface area contributed by atoms with E-state index in [1.165, 1.54) is 11.1 Å². The van der Waals surface area contributed by atoms with E-state index in [0.29, 0.717) is 23.0 Å². The number of nitrogens with zero attached hydrogens (tertiary/aromatic N) is 2. The molecule has 3 aromatic rings. The van der Waals surface area contributed by atoms with Crippen LogP contribution in [0, 0.1) is 0 Å². The van der Waals surface area contributed by atoms with Gasteiger partial charge in [0.25, 0.3) is 11.8 Å². The van der Waals surface area contributed by atoms with Crippen LogP contribution in [0.15, 0.2) is 84.9 Å². The van der Waals surface area contributed by atoms with Crippen molar-refractivity contribution < 1.29 is 9.59 Å². The molecule has 4 nitrogen and oxygen atoms in total. The fourth-order valence-electron chi connectivity index (χ4n) is 5.48. The number of benzene rings is 3. The topological polar surface area (TPSA) is 40.6 Å². The van der Waals surface area contributed by atoms with Gasteiger partial charge in [0.1, 0.15) is 0 Å². The third-order valence-corrected chi connectivity index (χ3v) is 7.49. The lowest BCUT2D eigenvalue weighted by atomic mass is 9.88. The Morgan fingerprint density at radius 1 is 0.500 bits per heavy atom. The van der Waals surface area contributed by atoms with E-state index >= 15 is 0 Å². The van der Waals surface area contributed by atoms with Gasteiger partial charge in [0.2, 0.25) is 0 Å². The van der Waals surface area contributed by atoms with Crippen LogP contribution in [0.4, 0.5) is 0 Å². The number of carbonyl (C=O) groups excluding carboxylic acids is 2. The molecular weight excluding hydrogens is 420 g/mol. The summed E-state index contributed by atoms with van der Waals surface area (Å²) in [6.45, 7) is 2.90. The molecular formula is C30H32N2O2. The van der Waals surface area contributed by atoms with Crippen LogP contribution in [-0.4, -0.2) is 47.8 Å². The number of rotatable bonds is 4. The van der Waals surface area contributed by atoms with Gasteiger partial charge in [0.15, 0.2) is 0 Å². The summed E-state index contributed by atoms with van der Waals surface area (Å²) < 4.78 is 0. The van der Waals surface area contributed by atoms with E-state index in [1.54, 1.807) is 0 Å². The summed E-state index contributed by atoms with van der Waals surface area (Å²) in [5, 5.41) is 0. The summed E-state index contributed by atoms with van der Waals surface area (Å²) in [7, 11) is 0. The predicted octanol–water partition coefficient (Wildman–Crippen LogP) is 5.73. The molecule has 2 heterocycles. The third kappa shape index (κ3) is 4.77. The first-order valence-electron chi connectivity index (χ1n) is 12.5. The second-order valence-corrected chi connectivity index (χ2v) is 9.50. The van der Waals surface area contributed by atoms with E-state index in [0.717, 1.165) is 51.9 Å². The maximum atomic E-state index is 13.4. The standard InChI is InChI=1S/C30H32N2O2/c33-29(31-19-15-25(16-20-31)23-9-3-1-4-10-23)27-13-7-8-14-28(27)30(34)32-21-17-26(18-22-32)24-11-5-2-6-12-24/h1-14,25-26H,15-22H2. The molecule has 0 spiro atoms. The summed E-state index contributed by atoms with van der Waals surface area (Å²) in [4.78, 5) is 30.7. The lowest BCUT2D eigenvalue weighted by molar-refractivity contribution is 0.0673. The van der Waals surface area contributed by atoms with Crippen molar-refractivity contribution in [1.29, 1.82) is 0 Å². The number of hydrogen-bond acceptors (Lipinski definition) is 2. The Hall–Kier alpha value is -3.40. The molecule has 5 rings (SSSR count). The molecule has 2 fully saturated rings. The molecule has 0 atom stereocenters. The highest BCUT2D eigenvalue weighted by Crippen LogP contribution is 2.30. The smallest absolute Gasteiger partial charge is 0.254 e. The second-order valence-electron chi connectivity index (χ2n) is 9.50. The van der Waals surface area contributed by atoms with Gasteiger partial charge in [-0.3, -0.25) is 9.59 Å². The molecule has 3 aromatic carbocycles. The first-order chi connectivity index (χ1) is 16.7. The highest BCUT2D eigenvalue weighted by atomic mass is 16.2. The van der Waals surface area contributed by atoms with Crippen LogP contribution in [0.2, 0.25) is 0 Å². The Balaban J connectivity index is 1.24. The maximum Gasteiger partial charge on any atom is 0.254 e. The summed E-state index contributed by atoms with van der Waals surface area (Å²) in [5.74, 6) is 0.949. The molecule has 0 saturated carbocycles. The normalized spacial score (nSPS) is 17.5. The zero-order valence-corrected chi connectivity index (χ0v) is 19.6. The van der Waals surface area contributed by atoms with Gasteiger partial charge in [-0.1, -0.05) is 72.8 Å². The number of amides is 2. The van der Waals surface area contributed by atoms with Gasteiger partial charge in [-0.2, -0.15) is 0 Å². The number of likely N-dealkylation sites (tertiary alicyclic amines) is 2. The fourth-order valence-corrected chi connectivity index (χ4v) is 5.48. The molecule has 2 aliphatic heterocycles. The van der Waals surface area contributed by atoms with Crippen LogP contribution < -0.4 is 0 Å². The quantitative estimate of drug-likeness (QED) is 0.507. The largest absolute Gasteiger partial charge is 0.339 e. The molecule has 0 aromatic heterocycles. The van der Waals surface area contributed by atoms with Crippen LogP contribution in [0.1, 0.15) is 69.4 Å². The Morgan fingerprint density at radius 3 is 1.18 bits per heavy atom. The molecule has 0 radical (unpaired) electrons. The molecule has 0 aliphatic carbocycles. The van der Waals surface area contributed by atoms with Crippen LogP contribution >= 0.6 is 0 Å². The molecule has 2 aliphatic rings. The summed E-state index contributed by atoms with van der Waals surface area (Å²) in [6.07, 6.45) is 3.83. The summed E-state index contributed by atoms with van der Waals surface area (Å²) in [6, 6.07) is 28.5. The SMILES string of the molecule is O=C(c1ccccc1C(=O)N1CCC(c2ccccc2)CC1)N1CCC(c2ccccc2)CC1. The molecule has 0 N–H and O–H groups in total. The molecule has 4 heteroatoms. The average Bonchev–Trinajstić information content (AvgIpc) is 2.93. The van der Waals surface area contributed by atoms with E-state index in [2.05, 4.69) is 48.5 Å². The Kier molecular flexibility index (Phi) is 6.75. The minimum Gasteiger partial charge on any atom is -0.339 e.